The van der Waals surface area contributed by atoms with E-state index in [9.17, 15) is 0 Å². The summed E-state index contributed by atoms with van der Waals surface area (Å²) in [6, 6.07) is 9.47. The van der Waals surface area contributed by atoms with Gasteiger partial charge in [0, 0.05) is 18.2 Å². The highest BCUT2D eigenvalue weighted by atomic mass is 35.7. The van der Waals surface area contributed by atoms with Gasteiger partial charge in [0.15, 0.2) is 0 Å². The van der Waals surface area contributed by atoms with Gasteiger partial charge in [-0.3, -0.25) is 4.67 Å². The molecule has 1 aromatic carbocycles. The number of nitrogens with zero attached hydrogens (tertiary/aromatic N) is 1. The molecule has 1 aliphatic rings. The van der Waals surface area contributed by atoms with E-state index in [2.05, 4.69) is 56.6 Å². The predicted molar refractivity (Wildman–Crippen MR) is 146 cm³/mol. The van der Waals surface area contributed by atoms with Gasteiger partial charge in [0.05, 0.1) is 7.43 Å². The molecule has 2 atom stereocenters. The standard InChI is InChI=1S/C26H45Cl2NP2/c1-5-6-7-12-19-30(27)20-21-31(28)29(26(2,3)4)22-23-15-17-25(18-16-23)24-13-10-8-9-11-14-24/h15-18,24H,5-14,19-22H2,1-4H3. The van der Waals surface area contributed by atoms with E-state index in [-0.39, 0.29) is 12.8 Å². The third-order valence-electron chi connectivity index (χ3n) is 6.46. The quantitative estimate of drug-likeness (QED) is 0.155. The van der Waals surface area contributed by atoms with Gasteiger partial charge in [-0.15, -0.1) is 0 Å². The minimum atomic E-state index is -0.696. The van der Waals surface area contributed by atoms with Crippen molar-refractivity contribution in [3.8, 4) is 0 Å². The Hall–Kier alpha value is 0.620. The van der Waals surface area contributed by atoms with Crippen LogP contribution in [0.2, 0.25) is 0 Å². The summed E-state index contributed by atoms with van der Waals surface area (Å²) in [6.07, 6.45) is 16.9. The van der Waals surface area contributed by atoms with E-state index in [1.807, 2.05) is 0 Å². The van der Waals surface area contributed by atoms with Gasteiger partial charge in [-0.1, -0.05) is 98.6 Å². The number of hydrogen-bond acceptors (Lipinski definition) is 1. The Labute approximate surface area is 205 Å². The van der Waals surface area contributed by atoms with E-state index in [1.54, 1.807) is 0 Å². The van der Waals surface area contributed by atoms with E-state index >= 15 is 0 Å². The molecule has 1 saturated carbocycles. The van der Waals surface area contributed by atoms with E-state index < -0.39 is 7.43 Å². The van der Waals surface area contributed by atoms with Crippen LogP contribution in [0.1, 0.15) is 109 Å². The van der Waals surface area contributed by atoms with Crippen LogP contribution in [0.4, 0.5) is 0 Å². The first-order valence-electron chi connectivity index (χ1n) is 12.5. The topological polar surface area (TPSA) is 3.24 Å². The lowest BCUT2D eigenvalue weighted by molar-refractivity contribution is 0.259. The second-order valence-corrected chi connectivity index (χ2v) is 16.2. The highest BCUT2D eigenvalue weighted by molar-refractivity contribution is 7.86. The highest BCUT2D eigenvalue weighted by Crippen LogP contribution is 2.54. The van der Waals surface area contributed by atoms with Crippen LogP contribution >= 0.6 is 37.2 Å². The smallest absolute Gasteiger partial charge is 0.0637 e. The third kappa shape index (κ3) is 10.6. The zero-order valence-electron chi connectivity index (χ0n) is 20.4. The highest BCUT2D eigenvalue weighted by Gasteiger charge is 2.28. The monoisotopic (exact) mass is 503 g/mol. The Bertz CT molecular complexity index is 594. The summed E-state index contributed by atoms with van der Waals surface area (Å²) >= 11 is 13.7. The van der Waals surface area contributed by atoms with Gasteiger partial charge >= 0.3 is 0 Å². The Kier molecular flexibility index (Phi) is 13.3. The maximum Gasteiger partial charge on any atom is 0.0637 e. The molecule has 0 aliphatic heterocycles. The first-order valence-corrected chi connectivity index (χ1v) is 17.5. The predicted octanol–water partition coefficient (Wildman–Crippen LogP) is 10.5. The molecule has 1 aromatic rings. The minimum absolute atomic E-state index is 0.0591. The average Bonchev–Trinajstić information content (AvgIpc) is 3.02. The van der Waals surface area contributed by atoms with Crippen molar-refractivity contribution < 1.29 is 0 Å². The lowest BCUT2D eigenvalue weighted by Gasteiger charge is -2.39. The van der Waals surface area contributed by atoms with Gasteiger partial charge in [-0.2, -0.15) is 0 Å². The van der Waals surface area contributed by atoms with Crippen molar-refractivity contribution in [1.82, 2.24) is 4.67 Å². The number of rotatable bonds is 12. The number of unbranched alkanes of at least 4 members (excludes halogenated alkanes) is 3. The van der Waals surface area contributed by atoms with Crippen molar-refractivity contribution in [2.45, 2.75) is 110 Å². The van der Waals surface area contributed by atoms with Gasteiger partial charge < -0.3 is 0 Å². The minimum Gasteiger partial charge on any atom is -0.260 e. The Morgan fingerprint density at radius 2 is 1.52 bits per heavy atom. The first-order chi connectivity index (χ1) is 14.8. The number of hydrogen-bond donors (Lipinski definition) is 0. The van der Waals surface area contributed by atoms with Gasteiger partial charge in [0.1, 0.15) is 0 Å². The SMILES string of the molecule is CCCCCCP(Cl)CCP(Cl)N(Cc1ccc(C2CCCCCC2)cc1)C(C)(C)C. The number of halogens is 2. The summed E-state index contributed by atoms with van der Waals surface area (Å²) in [4.78, 5) is 0. The van der Waals surface area contributed by atoms with Crippen LogP contribution in [0.3, 0.4) is 0 Å². The van der Waals surface area contributed by atoms with Crippen molar-refractivity contribution >= 4 is 37.2 Å². The first kappa shape index (κ1) is 27.9. The maximum absolute atomic E-state index is 7.02. The van der Waals surface area contributed by atoms with Crippen molar-refractivity contribution in [3.63, 3.8) is 0 Å². The summed E-state index contributed by atoms with van der Waals surface area (Å²) in [6.45, 7) is 10.1. The molecule has 0 amide bonds. The molecule has 1 fully saturated rings. The van der Waals surface area contributed by atoms with Crippen LogP contribution in [-0.2, 0) is 6.54 Å². The summed E-state index contributed by atoms with van der Waals surface area (Å²) in [7, 11) is -1.08. The van der Waals surface area contributed by atoms with Crippen LogP contribution < -0.4 is 0 Å². The Balaban J connectivity index is 1.90. The van der Waals surface area contributed by atoms with Crippen molar-refractivity contribution in [3.05, 3.63) is 35.4 Å². The zero-order chi connectivity index (χ0) is 22.7. The maximum atomic E-state index is 7.02. The van der Waals surface area contributed by atoms with Crippen LogP contribution in [-0.4, -0.2) is 28.7 Å². The fourth-order valence-electron chi connectivity index (χ4n) is 4.45. The Morgan fingerprint density at radius 3 is 2.10 bits per heavy atom. The largest absolute Gasteiger partial charge is 0.260 e. The van der Waals surface area contributed by atoms with Crippen LogP contribution in [0.25, 0.3) is 0 Å². The van der Waals surface area contributed by atoms with E-state index in [1.165, 1.54) is 81.5 Å². The van der Waals surface area contributed by atoms with E-state index in [0.717, 1.165) is 24.8 Å². The van der Waals surface area contributed by atoms with Crippen LogP contribution in [0.15, 0.2) is 24.3 Å². The summed E-state index contributed by atoms with van der Waals surface area (Å²) in [5, 5.41) is 0. The molecule has 2 unspecified atom stereocenters. The van der Waals surface area contributed by atoms with Crippen LogP contribution in [0.5, 0.6) is 0 Å². The van der Waals surface area contributed by atoms with Crippen molar-refractivity contribution in [2.75, 3.05) is 18.5 Å². The summed E-state index contributed by atoms with van der Waals surface area (Å²) in [5.41, 5.74) is 2.98. The molecule has 0 heterocycles. The van der Waals surface area contributed by atoms with Gasteiger partial charge in [0.25, 0.3) is 0 Å². The molecule has 0 aromatic heterocycles. The molecular formula is C26H45Cl2NP2. The molecule has 2 rings (SSSR count). The molecule has 1 nitrogen and oxygen atoms in total. The molecule has 178 valence electrons. The summed E-state index contributed by atoms with van der Waals surface area (Å²) < 4.78 is 2.52. The second kappa shape index (κ2) is 14.8. The van der Waals surface area contributed by atoms with Gasteiger partial charge in [-0.25, -0.2) is 0 Å². The molecule has 0 radical (unpaired) electrons. The fraction of sp³-hybridized carbons (Fsp3) is 0.769. The lowest BCUT2D eigenvalue weighted by atomic mass is 9.91. The van der Waals surface area contributed by atoms with Crippen molar-refractivity contribution in [2.24, 2.45) is 0 Å². The molecule has 31 heavy (non-hydrogen) atoms. The lowest BCUT2D eigenvalue weighted by Crippen LogP contribution is -2.36. The molecule has 0 spiro atoms. The zero-order valence-corrected chi connectivity index (χ0v) is 23.7. The van der Waals surface area contributed by atoms with Crippen LogP contribution in [0, 0.1) is 0 Å². The average molecular weight is 505 g/mol. The fourth-order valence-corrected chi connectivity index (χ4v) is 10.5. The second-order valence-electron chi connectivity index (χ2n) is 10.2. The normalized spacial score (nSPS) is 18.2. The molecule has 0 bridgehead atoms. The van der Waals surface area contributed by atoms with Crippen molar-refractivity contribution in [1.29, 1.82) is 0 Å². The third-order valence-corrected chi connectivity index (χ3v) is 12.2. The van der Waals surface area contributed by atoms with Gasteiger partial charge in [0.2, 0.25) is 0 Å². The Morgan fingerprint density at radius 1 is 0.871 bits per heavy atom. The van der Waals surface area contributed by atoms with Gasteiger partial charge in [-0.05, 0) is 76.7 Å². The molecule has 1 aliphatic carbocycles. The summed E-state index contributed by atoms with van der Waals surface area (Å²) in [5.74, 6) is 0.765. The number of benzene rings is 1. The molecule has 0 N–H and O–H groups in total. The molecular weight excluding hydrogens is 459 g/mol. The van der Waals surface area contributed by atoms with E-state index in [0.29, 0.717) is 0 Å². The molecule has 0 saturated heterocycles. The molecule has 5 heteroatoms. The van der Waals surface area contributed by atoms with E-state index in [4.69, 9.17) is 22.5 Å².